The van der Waals surface area contributed by atoms with Crippen molar-refractivity contribution in [3.63, 3.8) is 0 Å². The molecule has 0 bridgehead atoms. The number of benzene rings is 1. The molecule has 1 fully saturated rings. The van der Waals surface area contributed by atoms with Crippen LogP contribution in [-0.2, 0) is 11.2 Å². The van der Waals surface area contributed by atoms with Crippen molar-refractivity contribution in [1.29, 1.82) is 0 Å². The summed E-state index contributed by atoms with van der Waals surface area (Å²) in [6.07, 6.45) is 2.67. The summed E-state index contributed by atoms with van der Waals surface area (Å²) in [5.74, 6) is 0.104. The highest BCUT2D eigenvalue weighted by molar-refractivity contribution is 9.10. The molecule has 1 aliphatic carbocycles. The minimum atomic E-state index is -0.369. The van der Waals surface area contributed by atoms with Crippen LogP contribution in [0.1, 0.15) is 41.9 Å². The molecule has 4 nitrogen and oxygen atoms in total. The summed E-state index contributed by atoms with van der Waals surface area (Å²) in [5.41, 5.74) is 0.795. The summed E-state index contributed by atoms with van der Waals surface area (Å²) in [6.45, 7) is 4.02. The fourth-order valence-corrected chi connectivity index (χ4v) is 3.69. The Balaban J connectivity index is 1.59. The highest BCUT2D eigenvalue weighted by Gasteiger charge is 2.30. The van der Waals surface area contributed by atoms with Gasteiger partial charge >= 0.3 is 0 Å². The van der Waals surface area contributed by atoms with Crippen LogP contribution in [0.15, 0.2) is 40.9 Å². The molecule has 25 heavy (non-hydrogen) atoms. The maximum absolute atomic E-state index is 12.5. The zero-order valence-electron chi connectivity index (χ0n) is 14.3. The predicted molar refractivity (Wildman–Crippen MR) is 105 cm³/mol. The van der Waals surface area contributed by atoms with Gasteiger partial charge in [0.05, 0.1) is 9.88 Å². The second-order valence-electron chi connectivity index (χ2n) is 7.07. The Kier molecular flexibility index (Phi) is 5.29. The maximum Gasteiger partial charge on any atom is 0.261 e. The van der Waals surface area contributed by atoms with Gasteiger partial charge in [0.15, 0.2) is 0 Å². The van der Waals surface area contributed by atoms with Crippen LogP contribution in [-0.4, -0.2) is 17.4 Å². The quantitative estimate of drug-likeness (QED) is 0.716. The Hall–Kier alpha value is -1.66. The number of carbonyl (C=O) groups excluding carboxylic acids is 2. The third kappa shape index (κ3) is 5.16. The lowest BCUT2D eigenvalue weighted by atomic mass is 9.95. The van der Waals surface area contributed by atoms with Crippen molar-refractivity contribution < 1.29 is 9.59 Å². The molecule has 0 spiro atoms. The number of anilines is 1. The van der Waals surface area contributed by atoms with Crippen LogP contribution in [0.3, 0.4) is 0 Å². The second kappa shape index (κ2) is 7.30. The SMILES string of the molecule is CC(C)(Cc1ccc(Br)cc1)NC(=O)c1ccc(NC(=O)C2CC2)s1. The largest absolute Gasteiger partial charge is 0.346 e. The lowest BCUT2D eigenvalue weighted by Crippen LogP contribution is -2.44. The van der Waals surface area contributed by atoms with E-state index in [1.165, 1.54) is 11.3 Å². The first-order valence-corrected chi connectivity index (χ1v) is 9.91. The monoisotopic (exact) mass is 420 g/mol. The fourth-order valence-electron chi connectivity index (χ4n) is 2.62. The summed E-state index contributed by atoms with van der Waals surface area (Å²) in [6, 6.07) is 11.7. The molecule has 3 rings (SSSR count). The topological polar surface area (TPSA) is 58.2 Å². The molecular weight excluding hydrogens is 400 g/mol. The van der Waals surface area contributed by atoms with Gasteiger partial charge in [-0.3, -0.25) is 9.59 Å². The molecule has 1 aromatic heterocycles. The van der Waals surface area contributed by atoms with Gasteiger partial charge in [0.2, 0.25) is 5.91 Å². The third-order valence-corrected chi connectivity index (χ3v) is 5.56. The first-order valence-electron chi connectivity index (χ1n) is 8.30. The van der Waals surface area contributed by atoms with Gasteiger partial charge in [-0.25, -0.2) is 0 Å². The van der Waals surface area contributed by atoms with Gasteiger partial charge < -0.3 is 10.6 Å². The number of rotatable bonds is 6. The van der Waals surface area contributed by atoms with Gasteiger partial charge in [0.25, 0.3) is 5.91 Å². The van der Waals surface area contributed by atoms with Crippen molar-refractivity contribution in [2.45, 2.75) is 38.6 Å². The van der Waals surface area contributed by atoms with Crippen LogP contribution in [0.4, 0.5) is 5.00 Å². The Morgan fingerprint density at radius 3 is 2.48 bits per heavy atom. The first-order chi connectivity index (χ1) is 11.8. The van der Waals surface area contributed by atoms with Gasteiger partial charge in [-0.2, -0.15) is 0 Å². The molecular formula is C19H21BrN2O2S. The summed E-state index contributed by atoms with van der Waals surface area (Å²) < 4.78 is 1.04. The number of hydrogen-bond acceptors (Lipinski definition) is 3. The molecule has 1 aliphatic rings. The van der Waals surface area contributed by atoms with Gasteiger partial charge in [-0.05, 0) is 62.9 Å². The minimum absolute atomic E-state index is 0.0596. The summed E-state index contributed by atoms with van der Waals surface area (Å²) in [5, 5.41) is 6.70. The Labute approximate surface area is 160 Å². The van der Waals surface area contributed by atoms with Crippen LogP contribution in [0.5, 0.6) is 0 Å². The molecule has 1 heterocycles. The maximum atomic E-state index is 12.5. The molecule has 0 aliphatic heterocycles. The highest BCUT2D eigenvalue weighted by atomic mass is 79.9. The number of thiophene rings is 1. The Morgan fingerprint density at radius 2 is 1.84 bits per heavy atom. The Morgan fingerprint density at radius 1 is 1.16 bits per heavy atom. The molecule has 0 unspecified atom stereocenters. The van der Waals surface area contributed by atoms with E-state index in [9.17, 15) is 9.59 Å². The molecule has 132 valence electrons. The fraction of sp³-hybridized carbons (Fsp3) is 0.368. The van der Waals surface area contributed by atoms with E-state index in [1.54, 1.807) is 12.1 Å². The lowest BCUT2D eigenvalue weighted by molar-refractivity contribution is -0.117. The second-order valence-corrected chi connectivity index (χ2v) is 9.07. The van der Waals surface area contributed by atoms with E-state index in [0.29, 0.717) is 4.88 Å². The van der Waals surface area contributed by atoms with Crippen molar-refractivity contribution in [3.05, 3.63) is 51.3 Å². The van der Waals surface area contributed by atoms with Crippen LogP contribution >= 0.6 is 27.3 Å². The van der Waals surface area contributed by atoms with Crippen molar-refractivity contribution in [2.24, 2.45) is 5.92 Å². The zero-order valence-corrected chi connectivity index (χ0v) is 16.7. The predicted octanol–water partition coefficient (Wildman–Crippen LogP) is 4.61. The van der Waals surface area contributed by atoms with Crippen LogP contribution < -0.4 is 10.6 Å². The number of halogens is 1. The van der Waals surface area contributed by atoms with E-state index in [0.717, 1.165) is 34.3 Å². The van der Waals surface area contributed by atoms with E-state index in [4.69, 9.17) is 0 Å². The van der Waals surface area contributed by atoms with E-state index in [1.807, 2.05) is 26.0 Å². The summed E-state index contributed by atoms with van der Waals surface area (Å²) in [4.78, 5) is 24.9. The summed E-state index contributed by atoms with van der Waals surface area (Å²) in [7, 11) is 0. The van der Waals surface area contributed by atoms with Crippen molar-refractivity contribution in [1.82, 2.24) is 5.32 Å². The van der Waals surface area contributed by atoms with Gasteiger partial charge in [0.1, 0.15) is 0 Å². The normalized spacial score (nSPS) is 14.2. The molecule has 2 aromatic rings. The van der Waals surface area contributed by atoms with E-state index >= 15 is 0 Å². The van der Waals surface area contributed by atoms with Crippen LogP contribution in [0.25, 0.3) is 0 Å². The van der Waals surface area contributed by atoms with E-state index in [-0.39, 0.29) is 23.3 Å². The number of nitrogens with one attached hydrogen (secondary N) is 2. The number of amides is 2. The molecule has 2 amide bonds. The third-order valence-electron chi connectivity index (χ3n) is 4.04. The van der Waals surface area contributed by atoms with Crippen molar-refractivity contribution >= 4 is 44.1 Å². The van der Waals surface area contributed by atoms with Gasteiger partial charge in [-0.15, -0.1) is 11.3 Å². The van der Waals surface area contributed by atoms with Crippen LogP contribution in [0, 0.1) is 5.92 Å². The molecule has 0 saturated heterocycles. The molecule has 0 radical (unpaired) electrons. The average molecular weight is 421 g/mol. The summed E-state index contributed by atoms with van der Waals surface area (Å²) >= 11 is 4.74. The lowest BCUT2D eigenvalue weighted by Gasteiger charge is -2.26. The molecule has 1 saturated carbocycles. The number of hydrogen-bond donors (Lipinski definition) is 2. The molecule has 6 heteroatoms. The van der Waals surface area contributed by atoms with Crippen LogP contribution in [0.2, 0.25) is 0 Å². The smallest absolute Gasteiger partial charge is 0.261 e. The van der Waals surface area contributed by atoms with Crippen molar-refractivity contribution in [3.8, 4) is 0 Å². The van der Waals surface area contributed by atoms with E-state index in [2.05, 4.69) is 38.7 Å². The first kappa shape index (κ1) is 18.1. The zero-order chi connectivity index (χ0) is 18.0. The molecule has 1 aromatic carbocycles. The van der Waals surface area contributed by atoms with Crippen molar-refractivity contribution in [2.75, 3.05) is 5.32 Å². The minimum Gasteiger partial charge on any atom is -0.346 e. The van der Waals surface area contributed by atoms with Gasteiger partial charge in [0, 0.05) is 15.9 Å². The van der Waals surface area contributed by atoms with Gasteiger partial charge in [-0.1, -0.05) is 28.1 Å². The standard InChI is InChI=1S/C19H21BrN2O2S/c1-19(2,11-12-3-7-14(20)8-4-12)22-18(24)15-9-10-16(25-15)21-17(23)13-5-6-13/h3-4,7-10,13H,5-6,11H2,1-2H3,(H,21,23)(H,22,24). The number of carbonyl (C=O) groups is 2. The van der Waals surface area contributed by atoms with E-state index < -0.39 is 0 Å². The average Bonchev–Trinajstić information content (AvgIpc) is 3.29. The highest BCUT2D eigenvalue weighted by Crippen LogP contribution is 2.31. The molecule has 0 atom stereocenters. The Bertz CT molecular complexity index is 779. The molecule has 2 N–H and O–H groups in total.